The minimum absolute atomic E-state index is 0.0388. The minimum atomic E-state index is -0.987. The fourth-order valence-corrected chi connectivity index (χ4v) is 1.93. The van der Waals surface area contributed by atoms with E-state index in [0.29, 0.717) is 18.4 Å². The molecular formula is C11H10F2O. The van der Waals surface area contributed by atoms with Crippen molar-refractivity contribution in [3.05, 3.63) is 34.9 Å². The van der Waals surface area contributed by atoms with Gasteiger partial charge in [0.15, 0.2) is 17.4 Å². The van der Waals surface area contributed by atoms with E-state index in [9.17, 15) is 13.6 Å². The summed E-state index contributed by atoms with van der Waals surface area (Å²) < 4.78 is 26.1. The molecule has 1 aromatic rings. The molecule has 1 unspecified atom stereocenters. The molecule has 1 aromatic carbocycles. The zero-order chi connectivity index (χ0) is 10.3. The number of hydrogen-bond donors (Lipinski definition) is 0. The van der Waals surface area contributed by atoms with Crippen molar-refractivity contribution in [3.63, 3.8) is 0 Å². The molecule has 0 aliphatic heterocycles. The van der Waals surface area contributed by atoms with Gasteiger partial charge in [0, 0.05) is 6.42 Å². The van der Waals surface area contributed by atoms with Crippen LogP contribution in [0.25, 0.3) is 0 Å². The lowest BCUT2D eigenvalue weighted by atomic mass is 9.84. The van der Waals surface area contributed by atoms with Gasteiger partial charge >= 0.3 is 0 Å². The minimum Gasteiger partial charge on any atom is -0.294 e. The second-order valence-electron chi connectivity index (χ2n) is 3.83. The lowest BCUT2D eigenvalue weighted by molar-refractivity contribution is 0.0947. The third kappa shape index (κ3) is 1.33. The number of fused-ring (bicyclic) bond motifs is 1. The molecule has 1 aliphatic carbocycles. The Morgan fingerprint density at radius 3 is 2.71 bits per heavy atom. The Labute approximate surface area is 80.7 Å². The summed E-state index contributed by atoms with van der Waals surface area (Å²) in [6.45, 7) is 1.93. The van der Waals surface area contributed by atoms with E-state index in [1.807, 2.05) is 6.92 Å². The molecule has 0 N–H and O–H groups in total. The normalized spacial score (nSPS) is 20.8. The van der Waals surface area contributed by atoms with E-state index in [4.69, 9.17) is 0 Å². The summed E-state index contributed by atoms with van der Waals surface area (Å²) in [5.41, 5.74) is 0.593. The number of rotatable bonds is 0. The van der Waals surface area contributed by atoms with Crippen molar-refractivity contribution in [2.45, 2.75) is 19.8 Å². The average Bonchev–Trinajstić information content (AvgIpc) is 2.10. The van der Waals surface area contributed by atoms with Crippen LogP contribution in [0.3, 0.4) is 0 Å². The molecule has 1 nitrogen and oxygen atoms in total. The van der Waals surface area contributed by atoms with Gasteiger partial charge in [0.05, 0.1) is 5.56 Å². The van der Waals surface area contributed by atoms with Gasteiger partial charge in [0.2, 0.25) is 0 Å². The molecular weight excluding hydrogens is 186 g/mol. The lowest BCUT2D eigenvalue weighted by Crippen LogP contribution is -2.20. The summed E-state index contributed by atoms with van der Waals surface area (Å²) in [6, 6.07) is 2.58. The monoisotopic (exact) mass is 196 g/mol. The Morgan fingerprint density at radius 1 is 1.29 bits per heavy atom. The van der Waals surface area contributed by atoms with Crippen molar-refractivity contribution in [2.75, 3.05) is 0 Å². The Hall–Kier alpha value is -1.25. The fraction of sp³-hybridized carbons (Fsp3) is 0.364. The van der Waals surface area contributed by atoms with Gasteiger partial charge in [-0.15, -0.1) is 0 Å². The maximum atomic E-state index is 13.3. The predicted molar refractivity (Wildman–Crippen MR) is 48.2 cm³/mol. The van der Waals surface area contributed by atoms with Crippen molar-refractivity contribution in [3.8, 4) is 0 Å². The zero-order valence-electron chi connectivity index (χ0n) is 7.81. The molecule has 74 valence electrons. The Kier molecular flexibility index (Phi) is 2.10. The van der Waals surface area contributed by atoms with Crippen molar-refractivity contribution in [1.82, 2.24) is 0 Å². The van der Waals surface area contributed by atoms with Gasteiger partial charge in [-0.2, -0.15) is 0 Å². The Bertz CT molecular complexity index is 399. The van der Waals surface area contributed by atoms with Crippen LogP contribution in [0.2, 0.25) is 0 Å². The molecule has 0 fully saturated rings. The smallest absolute Gasteiger partial charge is 0.169 e. The van der Waals surface area contributed by atoms with Gasteiger partial charge < -0.3 is 0 Å². The number of carbonyl (C=O) groups excluding carboxylic acids is 1. The van der Waals surface area contributed by atoms with Crippen LogP contribution in [0, 0.1) is 17.6 Å². The lowest BCUT2D eigenvalue weighted by Gasteiger charge is -2.20. The quantitative estimate of drug-likeness (QED) is 0.623. The van der Waals surface area contributed by atoms with E-state index in [1.165, 1.54) is 6.07 Å². The van der Waals surface area contributed by atoms with Crippen molar-refractivity contribution in [2.24, 2.45) is 5.92 Å². The maximum absolute atomic E-state index is 13.3. The van der Waals surface area contributed by atoms with Gasteiger partial charge in [0.1, 0.15) is 0 Å². The second-order valence-corrected chi connectivity index (χ2v) is 3.83. The highest BCUT2D eigenvalue weighted by atomic mass is 19.2. The van der Waals surface area contributed by atoms with Crippen LogP contribution in [0.15, 0.2) is 12.1 Å². The summed E-state index contributed by atoms with van der Waals surface area (Å²) >= 11 is 0. The van der Waals surface area contributed by atoms with Gasteiger partial charge in [-0.05, 0) is 24.0 Å². The van der Waals surface area contributed by atoms with Crippen LogP contribution in [0.1, 0.15) is 29.3 Å². The molecule has 0 bridgehead atoms. The molecule has 1 aliphatic rings. The number of benzene rings is 1. The van der Waals surface area contributed by atoms with Crippen LogP contribution in [0.4, 0.5) is 8.78 Å². The van der Waals surface area contributed by atoms with E-state index in [2.05, 4.69) is 0 Å². The van der Waals surface area contributed by atoms with E-state index >= 15 is 0 Å². The first kappa shape index (κ1) is 9.31. The standard InChI is InChI=1S/C11H10F2O/c1-6-4-7-2-3-8(12)11(13)10(7)9(14)5-6/h2-3,6H,4-5H2,1H3. The van der Waals surface area contributed by atoms with Gasteiger partial charge in [-0.25, -0.2) is 8.78 Å². The highest BCUT2D eigenvalue weighted by molar-refractivity contribution is 5.98. The summed E-state index contributed by atoms with van der Waals surface area (Å²) in [5, 5.41) is 0. The molecule has 0 aromatic heterocycles. The summed E-state index contributed by atoms with van der Waals surface area (Å²) in [7, 11) is 0. The van der Waals surface area contributed by atoms with E-state index < -0.39 is 11.6 Å². The Morgan fingerprint density at radius 2 is 2.00 bits per heavy atom. The first-order valence-corrected chi connectivity index (χ1v) is 4.59. The molecule has 0 radical (unpaired) electrons. The van der Waals surface area contributed by atoms with Gasteiger partial charge in [-0.3, -0.25) is 4.79 Å². The number of Topliss-reactive ketones (excluding diaryl/α,β-unsaturated/α-hetero) is 1. The molecule has 0 spiro atoms. The van der Waals surface area contributed by atoms with Gasteiger partial charge in [-0.1, -0.05) is 13.0 Å². The highest BCUT2D eigenvalue weighted by Gasteiger charge is 2.26. The van der Waals surface area contributed by atoms with Crippen LogP contribution in [0.5, 0.6) is 0 Å². The molecule has 0 heterocycles. The third-order valence-electron chi connectivity index (χ3n) is 2.56. The van der Waals surface area contributed by atoms with Crippen molar-refractivity contribution >= 4 is 5.78 Å². The summed E-state index contributed by atoms with van der Waals surface area (Å²) in [4.78, 5) is 11.5. The molecule has 0 saturated heterocycles. The topological polar surface area (TPSA) is 17.1 Å². The van der Waals surface area contributed by atoms with Crippen LogP contribution >= 0.6 is 0 Å². The zero-order valence-corrected chi connectivity index (χ0v) is 7.81. The molecule has 0 saturated carbocycles. The number of halogens is 2. The van der Waals surface area contributed by atoms with Crippen LogP contribution in [-0.2, 0) is 6.42 Å². The SMILES string of the molecule is CC1CC(=O)c2c(ccc(F)c2F)C1. The number of carbonyl (C=O) groups is 1. The first-order valence-electron chi connectivity index (χ1n) is 4.59. The van der Waals surface area contributed by atoms with Crippen molar-refractivity contribution < 1.29 is 13.6 Å². The summed E-state index contributed by atoms with van der Waals surface area (Å²) in [5.74, 6) is -1.98. The van der Waals surface area contributed by atoms with E-state index in [1.54, 1.807) is 0 Å². The van der Waals surface area contributed by atoms with Gasteiger partial charge in [0.25, 0.3) is 0 Å². The largest absolute Gasteiger partial charge is 0.294 e. The van der Waals surface area contributed by atoms with Crippen molar-refractivity contribution in [1.29, 1.82) is 0 Å². The molecule has 0 amide bonds. The van der Waals surface area contributed by atoms with E-state index in [-0.39, 0.29) is 17.3 Å². The summed E-state index contributed by atoms with van der Waals surface area (Å²) in [6.07, 6.45) is 0.964. The number of hydrogen-bond acceptors (Lipinski definition) is 1. The predicted octanol–water partition coefficient (Wildman–Crippen LogP) is 2.73. The molecule has 14 heavy (non-hydrogen) atoms. The third-order valence-corrected chi connectivity index (χ3v) is 2.56. The fourth-order valence-electron chi connectivity index (χ4n) is 1.93. The van der Waals surface area contributed by atoms with Crippen LogP contribution in [-0.4, -0.2) is 5.78 Å². The number of ketones is 1. The Balaban J connectivity index is 2.60. The highest BCUT2D eigenvalue weighted by Crippen LogP contribution is 2.28. The van der Waals surface area contributed by atoms with E-state index in [0.717, 1.165) is 6.07 Å². The molecule has 1 atom stereocenters. The molecule has 2 rings (SSSR count). The van der Waals surface area contributed by atoms with Crippen LogP contribution < -0.4 is 0 Å². The maximum Gasteiger partial charge on any atom is 0.169 e. The average molecular weight is 196 g/mol. The first-order chi connectivity index (χ1) is 6.59. The molecule has 3 heteroatoms. The second kappa shape index (κ2) is 3.15.